The van der Waals surface area contributed by atoms with Crippen LogP contribution in [0.25, 0.3) is 11.3 Å². The fourth-order valence-corrected chi connectivity index (χ4v) is 3.06. The Labute approximate surface area is 159 Å². The number of nitrogens with one attached hydrogen (secondary N) is 1. The Kier molecular flexibility index (Phi) is 6.44. The SMILES string of the molecule is Cc1ccc(-c2ccc(CNC(CCC(=O)O)Cc3ccccc3)o2)cc1. The minimum atomic E-state index is -0.769. The molecule has 27 heavy (non-hydrogen) atoms. The molecule has 0 aliphatic heterocycles. The number of aryl methyl sites for hydroxylation is 1. The van der Waals surface area contributed by atoms with Crippen molar-refractivity contribution in [3.05, 3.63) is 83.6 Å². The number of hydrogen-bond donors (Lipinski definition) is 2. The van der Waals surface area contributed by atoms with E-state index in [0.29, 0.717) is 13.0 Å². The Morgan fingerprint density at radius 2 is 1.78 bits per heavy atom. The maximum absolute atomic E-state index is 11.0. The molecule has 4 nitrogen and oxygen atoms in total. The van der Waals surface area contributed by atoms with Crippen molar-refractivity contribution in [1.82, 2.24) is 5.32 Å². The summed E-state index contributed by atoms with van der Waals surface area (Å²) in [7, 11) is 0. The lowest BCUT2D eigenvalue weighted by Crippen LogP contribution is -2.31. The molecule has 0 saturated heterocycles. The Morgan fingerprint density at radius 1 is 1.04 bits per heavy atom. The molecule has 0 bridgehead atoms. The number of carboxylic acids is 1. The van der Waals surface area contributed by atoms with E-state index in [4.69, 9.17) is 9.52 Å². The number of carboxylic acid groups (broad SMARTS) is 1. The molecule has 0 amide bonds. The molecular formula is C23H25NO3. The fourth-order valence-electron chi connectivity index (χ4n) is 3.06. The summed E-state index contributed by atoms with van der Waals surface area (Å²) in [4.78, 5) is 11.0. The van der Waals surface area contributed by atoms with Crippen LogP contribution < -0.4 is 5.32 Å². The van der Waals surface area contributed by atoms with Gasteiger partial charge in [-0.2, -0.15) is 0 Å². The lowest BCUT2D eigenvalue weighted by molar-refractivity contribution is -0.137. The van der Waals surface area contributed by atoms with E-state index in [-0.39, 0.29) is 12.5 Å². The molecule has 4 heteroatoms. The second kappa shape index (κ2) is 9.19. The normalized spacial score (nSPS) is 12.0. The standard InChI is InChI=1S/C23H25NO3/c1-17-7-9-19(10-8-17)22-13-12-21(27-22)16-24-20(11-14-23(25)26)15-18-5-3-2-4-6-18/h2-10,12-13,20,24H,11,14-16H2,1H3,(H,25,26). The zero-order valence-electron chi connectivity index (χ0n) is 15.5. The summed E-state index contributed by atoms with van der Waals surface area (Å²) in [5.41, 5.74) is 3.47. The molecule has 140 valence electrons. The summed E-state index contributed by atoms with van der Waals surface area (Å²) in [5.74, 6) is 0.922. The average molecular weight is 363 g/mol. The van der Waals surface area contributed by atoms with Crippen LogP contribution in [0.5, 0.6) is 0 Å². The Morgan fingerprint density at radius 3 is 2.48 bits per heavy atom. The molecule has 0 aliphatic carbocycles. The van der Waals surface area contributed by atoms with Gasteiger partial charge in [0, 0.05) is 18.0 Å². The molecule has 3 aromatic rings. The van der Waals surface area contributed by atoms with Crippen molar-refractivity contribution in [2.45, 2.75) is 38.8 Å². The number of hydrogen-bond acceptors (Lipinski definition) is 3. The molecule has 1 aromatic heterocycles. The summed E-state index contributed by atoms with van der Waals surface area (Å²) < 4.78 is 5.96. The van der Waals surface area contributed by atoms with Crippen LogP contribution in [0.3, 0.4) is 0 Å². The number of furan rings is 1. The van der Waals surface area contributed by atoms with Crippen LogP contribution >= 0.6 is 0 Å². The molecule has 0 fully saturated rings. The molecule has 1 atom stereocenters. The number of carbonyl (C=O) groups is 1. The van der Waals surface area contributed by atoms with Crippen molar-refractivity contribution in [2.75, 3.05) is 0 Å². The first kappa shape index (κ1) is 18.9. The van der Waals surface area contributed by atoms with Gasteiger partial charge in [0.1, 0.15) is 11.5 Å². The third-order valence-electron chi connectivity index (χ3n) is 4.59. The minimum Gasteiger partial charge on any atom is -0.481 e. The third-order valence-corrected chi connectivity index (χ3v) is 4.59. The number of benzene rings is 2. The van der Waals surface area contributed by atoms with Crippen LogP contribution in [0.2, 0.25) is 0 Å². The summed E-state index contributed by atoms with van der Waals surface area (Å²) in [6, 6.07) is 22.4. The number of rotatable bonds is 9. The average Bonchev–Trinajstić information content (AvgIpc) is 3.14. The van der Waals surface area contributed by atoms with E-state index < -0.39 is 5.97 Å². The maximum atomic E-state index is 11.0. The van der Waals surface area contributed by atoms with Crippen LogP contribution in [-0.4, -0.2) is 17.1 Å². The predicted octanol–water partition coefficient (Wildman–Crippen LogP) is 4.82. The zero-order valence-corrected chi connectivity index (χ0v) is 15.5. The highest BCUT2D eigenvalue weighted by Crippen LogP contribution is 2.22. The lowest BCUT2D eigenvalue weighted by atomic mass is 10.0. The molecule has 0 aliphatic rings. The first-order chi connectivity index (χ1) is 13.1. The molecule has 3 rings (SSSR count). The second-order valence-electron chi connectivity index (χ2n) is 6.83. The fraction of sp³-hybridized carbons (Fsp3) is 0.261. The van der Waals surface area contributed by atoms with Gasteiger partial charge in [-0.3, -0.25) is 4.79 Å². The van der Waals surface area contributed by atoms with Gasteiger partial charge in [0.15, 0.2) is 0 Å². The summed E-state index contributed by atoms with van der Waals surface area (Å²) in [6.07, 6.45) is 1.52. The van der Waals surface area contributed by atoms with Crippen molar-refractivity contribution in [3.63, 3.8) is 0 Å². The quantitative estimate of drug-likeness (QED) is 0.572. The van der Waals surface area contributed by atoms with Gasteiger partial charge >= 0.3 is 5.97 Å². The van der Waals surface area contributed by atoms with Gasteiger partial charge in [-0.1, -0.05) is 60.2 Å². The van der Waals surface area contributed by atoms with Crippen LogP contribution in [0.4, 0.5) is 0 Å². The molecule has 2 aromatic carbocycles. The topological polar surface area (TPSA) is 62.5 Å². The molecular weight excluding hydrogens is 338 g/mol. The van der Waals surface area contributed by atoms with Gasteiger partial charge in [0.05, 0.1) is 6.54 Å². The van der Waals surface area contributed by atoms with Gasteiger partial charge < -0.3 is 14.8 Å². The van der Waals surface area contributed by atoms with Crippen molar-refractivity contribution in [2.24, 2.45) is 0 Å². The first-order valence-corrected chi connectivity index (χ1v) is 9.25. The largest absolute Gasteiger partial charge is 0.481 e. The van der Waals surface area contributed by atoms with Gasteiger partial charge in [-0.15, -0.1) is 0 Å². The van der Waals surface area contributed by atoms with Gasteiger partial charge in [-0.25, -0.2) is 0 Å². The van der Waals surface area contributed by atoms with Gasteiger partial charge in [0.25, 0.3) is 0 Å². The Bertz CT molecular complexity index is 853. The Hall–Kier alpha value is -2.85. The molecule has 1 heterocycles. The maximum Gasteiger partial charge on any atom is 0.303 e. The smallest absolute Gasteiger partial charge is 0.303 e. The van der Waals surface area contributed by atoms with Crippen molar-refractivity contribution in [3.8, 4) is 11.3 Å². The van der Waals surface area contributed by atoms with Crippen LogP contribution in [0.15, 0.2) is 71.1 Å². The van der Waals surface area contributed by atoms with Crippen LogP contribution in [0.1, 0.15) is 29.7 Å². The highest BCUT2D eigenvalue weighted by molar-refractivity contribution is 5.66. The second-order valence-corrected chi connectivity index (χ2v) is 6.83. The minimum absolute atomic E-state index is 0.0800. The molecule has 0 spiro atoms. The van der Waals surface area contributed by atoms with Gasteiger partial charge in [0.2, 0.25) is 0 Å². The van der Waals surface area contributed by atoms with Crippen molar-refractivity contribution in [1.29, 1.82) is 0 Å². The first-order valence-electron chi connectivity index (χ1n) is 9.25. The summed E-state index contributed by atoms with van der Waals surface area (Å²) >= 11 is 0. The highest BCUT2D eigenvalue weighted by atomic mass is 16.4. The molecule has 2 N–H and O–H groups in total. The molecule has 0 radical (unpaired) electrons. The van der Waals surface area contributed by atoms with E-state index in [9.17, 15) is 4.79 Å². The lowest BCUT2D eigenvalue weighted by Gasteiger charge is -2.17. The Balaban J connectivity index is 1.62. The van der Waals surface area contributed by atoms with Crippen LogP contribution in [0, 0.1) is 6.92 Å². The number of aliphatic carboxylic acids is 1. The molecule has 1 unspecified atom stereocenters. The van der Waals surface area contributed by atoms with Crippen molar-refractivity contribution < 1.29 is 14.3 Å². The third kappa shape index (κ3) is 5.83. The highest BCUT2D eigenvalue weighted by Gasteiger charge is 2.13. The van der Waals surface area contributed by atoms with E-state index in [2.05, 4.69) is 48.6 Å². The van der Waals surface area contributed by atoms with Crippen molar-refractivity contribution >= 4 is 5.97 Å². The molecule has 0 saturated carbocycles. The van der Waals surface area contributed by atoms with E-state index in [0.717, 1.165) is 23.5 Å². The zero-order chi connectivity index (χ0) is 19.1. The van der Waals surface area contributed by atoms with E-state index in [1.807, 2.05) is 30.3 Å². The van der Waals surface area contributed by atoms with Crippen LogP contribution in [-0.2, 0) is 17.8 Å². The van der Waals surface area contributed by atoms with E-state index >= 15 is 0 Å². The monoisotopic (exact) mass is 363 g/mol. The van der Waals surface area contributed by atoms with E-state index in [1.165, 1.54) is 11.1 Å². The summed E-state index contributed by atoms with van der Waals surface area (Å²) in [5, 5.41) is 12.5. The van der Waals surface area contributed by atoms with Gasteiger partial charge in [-0.05, 0) is 37.5 Å². The predicted molar refractivity (Wildman–Crippen MR) is 107 cm³/mol. The van der Waals surface area contributed by atoms with E-state index in [1.54, 1.807) is 0 Å². The summed E-state index contributed by atoms with van der Waals surface area (Å²) in [6.45, 7) is 2.63.